The van der Waals surface area contributed by atoms with Crippen LogP contribution in [0.1, 0.15) is 5.56 Å². The maximum Gasteiger partial charge on any atom is 0.0794 e. The van der Waals surface area contributed by atoms with Crippen LogP contribution in [0.25, 0.3) is 40.3 Å². The summed E-state index contributed by atoms with van der Waals surface area (Å²) in [6, 6.07) is 30.6. The Kier molecular flexibility index (Phi) is 5.21. The van der Waals surface area contributed by atoms with E-state index in [1.807, 2.05) is 22.7 Å². The molecule has 31 heavy (non-hydrogen) atoms. The Morgan fingerprint density at radius 3 is 1.65 bits per heavy atom. The summed E-state index contributed by atoms with van der Waals surface area (Å²) in [5.41, 5.74) is 1.40. The Bertz CT molecular complexity index is 1480. The van der Waals surface area contributed by atoms with Gasteiger partial charge in [-0.1, -0.05) is 92.4 Å². The van der Waals surface area contributed by atoms with Crippen LogP contribution in [0.3, 0.4) is 0 Å². The van der Waals surface area contributed by atoms with Gasteiger partial charge < -0.3 is 0 Å². The second kappa shape index (κ2) is 7.90. The quantitative estimate of drug-likeness (QED) is 0.217. The lowest BCUT2D eigenvalue weighted by Gasteiger charge is -2.17. The van der Waals surface area contributed by atoms with Crippen molar-refractivity contribution < 1.29 is 0 Å². The summed E-state index contributed by atoms with van der Waals surface area (Å²) >= 11 is 3.84. The van der Waals surface area contributed by atoms with Crippen molar-refractivity contribution >= 4 is 76.3 Å². The molecule has 4 aromatic carbocycles. The SMILES string of the molecule is Cc1cccc2c1sc1c([Si](C)(C)C)cccc12.c1ccc2c(c1)sc1ccccc12. The third-order valence-corrected chi connectivity index (χ3v) is 10.6. The number of aryl methyl sites for hydroxylation is 1. The van der Waals surface area contributed by atoms with E-state index in [0.717, 1.165) is 0 Å². The first-order valence-electron chi connectivity index (χ1n) is 10.7. The number of hydrogen-bond donors (Lipinski definition) is 0. The van der Waals surface area contributed by atoms with Crippen molar-refractivity contribution in [2.75, 3.05) is 0 Å². The first kappa shape index (κ1) is 20.4. The Morgan fingerprint density at radius 1 is 0.516 bits per heavy atom. The minimum atomic E-state index is -1.27. The third kappa shape index (κ3) is 3.71. The molecule has 3 heteroatoms. The molecule has 0 fully saturated rings. The predicted octanol–water partition coefficient (Wildman–Crippen LogP) is 8.96. The average Bonchev–Trinajstić information content (AvgIpc) is 3.33. The minimum absolute atomic E-state index is 1.27. The molecule has 0 spiro atoms. The first-order valence-corrected chi connectivity index (χ1v) is 15.8. The normalized spacial score (nSPS) is 11.9. The zero-order valence-electron chi connectivity index (χ0n) is 18.4. The van der Waals surface area contributed by atoms with Crippen LogP contribution in [0, 0.1) is 6.92 Å². The van der Waals surface area contributed by atoms with Crippen LogP contribution in [0.2, 0.25) is 19.6 Å². The van der Waals surface area contributed by atoms with Crippen LogP contribution < -0.4 is 5.19 Å². The van der Waals surface area contributed by atoms with Crippen molar-refractivity contribution in [1.29, 1.82) is 0 Å². The molecule has 0 bridgehead atoms. The smallest absolute Gasteiger partial charge is 0.0794 e. The summed E-state index contributed by atoms with van der Waals surface area (Å²) in [4.78, 5) is 0. The van der Waals surface area contributed by atoms with Crippen LogP contribution in [0.5, 0.6) is 0 Å². The van der Waals surface area contributed by atoms with Gasteiger partial charge in [0.25, 0.3) is 0 Å². The van der Waals surface area contributed by atoms with Gasteiger partial charge in [0, 0.05) is 40.3 Å². The Hall–Kier alpha value is -2.46. The molecule has 2 aromatic heterocycles. The third-order valence-electron chi connectivity index (χ3n) is 5.81. The Morgan fingerprint density at radius 2 is 1.03 bits per heavy atom. The average molecular weight is 455 g/mol. The van der Waals surface area contributed by atoms with Gasteiger partial charge >= 0.3 is 0 Å². The summed E-state index contributed by atoms with van der Waals surface area (Å²) in [6.07, 6.45) is 0. The van der Waals surface area contributed by atoms with Gasteiger partial charge in [-0.15, -0.1) is 22.7 Å². The van der Waals surface area contributed by atoms with E-state index in [0.29, 0.717) is 0 Å². The van der Waals surface area contributed by atoms with E-state index in [-0.39, 0.29) is 0 Å². The number of rotatable bonds is 1. The highest BCUT2D eigenvalue weighted by atomic mass is 32.1. The van der Waals surface area contributed by atoms with Crippen LogP contribution in [0.15, 0.2) is 84.9 Å². The molecule has 0 atom stereocenters. The summed E-state index contributed by atoms with van der Waals surface area (Å²) in [5, 5.41) is 7.22. The summed E-state index contributed by atoms with van der Waals surface area (Å²) in [5.74, 6) is 0. The van der Waals surface area contributed by atoms with Gasteiger partial charge in [0.05, 0.1) is 8.07 Å². The molecule has 0 aliphatic heterocycles. The molecule has 154 valence electrons. The molecule has 0 nitrogen and oxygen atoms in total. The highest BCUT2D eigenvalue weighted by molar-refractivity contribution is 7.27. The molecule has 0 saturated heterocycles. The van der Waals surface area contributed by atoms with Gasteiger partial charge in [-0.2, -0.15) is 0 Å². The molecule has 6 aromatic rings. The van der Waals surface area contributed by atoms with Gasteiger partial charge in [0.2, 0.25) is 0 Å². The van der Waals surface area contributed by atoms with Crippen molar-refractivity contribution in [2.24, 2.45) is 0 Å². The van der Waals surface area contributed by atoms with Gasteiger partial charge in [-0.05, 0) is 29.8 Å². The summed E-state index contributed by atoms with van der Waals surface area (Å²) in [6.45, 7) is 9.50. The molecule has 0 amide bonds. The second-order valence-corrected chi connectivity index (χ2v) is 16.2. The van der Waals surface area contributed by atoms with E-state index in [9.17, 15) is 0 Å². The Labute approximate surface area is 192 Å². The molecule has 2 heterocycles. The van der Waals surface area contributed by atoms with Crippen molar-refractivity contribution in [1.82, 2.24) is 0 Å². The van der Waals surface area contributed by atoms with Crippen molar-refractivity contribution in [3.63, 3.8) is 0 Å². The predicted molar refractivity (Wildman–Crippen MR) is 146 cm³/mol. The zero-order valence-corrected chi connectivity index (χ0v) is 21.0. The Balaban J connectivity index is 0.000000138. The molecule has 0 saturated carbocycles. The maximum absolute atomic E-state index is 2.43. The van der Waals surface area contributed by atoms with Gasteiger partial charge in [0.15, 0.2) is 0 Å². The first-order chi connectivity index (χ1) is 14.9. The number of benzene rings is 4. The fourth-order valence-corrected chi connectivity index (χ4v) is 9.00. The molecule has 0 radical (unpaired) electrons. The molecule has 0 aliphatic carbocycles. The van der Waals surface area contributed by atoms with Crippen LogP contribution in [-0.2, 0) is 0 Å². The number of fused-ring (bicyclic) bond motifs is 6. The molecular weight excluding hydrogens is 429 g/mol. The van der Waals surface area contributed by atoms with Gasteiger partial charge in [-0.25, -0.2) is 0 Å². The van der Waals surface area contributed by atoms with E-state index >= 15 is 0 Å². The maximum atomic E-state index is 2.43. The molecule has 0 aliphatic rings. The van der Waals surface area contributed by atoms with Crippen molar-refractivity contribution in [2.45, 2.75) is 26.6 Å². The van der Waals surface area contributed by atoms with E-state index in [1.54, 1.807) is 5.19 Å². The lowest BCUT2D eigenvalue weighted by Crippen LogP contribution is -2.37. The zero-order chi connectivity index (χ0) is 21.6. The van der Waals surface area contributed by atoms with E-state index in [4.69, 9.17) is 0 Å². The molecule has 0 unspecified atom stereocenters. The van der Waals surface area contributed by atoms with Crippen LogP contribution in [0.4, 0.5) is 0 Å². The van der Waals surface area contributed by atoms with E-state index in [2.05, 4.69) is 111 Å². The summed E-state index contributed by atoms with van der Waals surface area (Å²) in [7, 11) is -1.27. The monoisotopic (exact) mass is 454 g/mol. The fourth-order valence-electron chi connectivity index (χ4n) is 4.23. The molecule has 6 rings (SSSR count). The number of thiophene rings is 2. The lowest BCUT2D eigenvalue weighted by atomic mass is 10.1. The summed E-state index contributed by atoms with van der Waals surface area (Å²) < 4.78 is 5.73. The minimum Gasteiger partial charge on any atom is -0.135 e. The molecule has 0 N–H and O–H groups in total. The topological polar surface area (TPSA) is 0 Å². The van der Waals surface area contributed by atoms with E-state index < -0.39 is 8.07 Å². The number of hydrogen-bond acceptors (Lipinski definition) is 2. The largest absolute Gasteiger partial charge is 0.135 e. The molecular formula is C28H26S2Si. The standard InChI is InChI=1S/C16H18SSi.C12H8S/c1-11-7-5-8-12-13-9-6-10-14(18(2,3)4)16(13)17-15(11)12;1-3-7-11-9(5-1)10-6-2-4-8-12(10)13-11/h5-10H,1-4H3;1-8H. The van der Waals surface area contributed by atoms with Crippen LogP contribution in [-0.4, -0.2) is 8.07 Å². The highest BCUT2D eigenvalue weighted by Crippen LogP contribution is 2.35. The lowest BCUT2D eigenvalue weighted by molar-refractivity contribution is 1.56. The van der Waals surface area contributed by atoms with Crippen LogP contribution >= 0.6 is 22.7 Å². The van der Waals surface area contributed by atoms with Crippen molar-refractivity contribution in [3.05, 3.63) is 90.5 Å². The highest BCUT2D eigenvalue weighted by Gasteiger charge is 2.21. The fraction of sp³-hybridized carbons (Fsp3) is 0.143. The second-order valence-electron chi connectivity index (χ2n) is 9.08. The van der Waals surface area contributed by atoms with Crippen molar-refractivity contribution in [3.8, 4) is 0 Å². The van der Waals surface area contributed by atoms with Gasteiger partial charge in [-0.3, -0.25) is 0 Å². The van der Waals surface area contributed by atoms with E-state index in [1.165, 1.54) is 45.9 Å². The van der Waals surface area contributed by atoms with Gasteiger partial charge in [0.1, 0.15) is 0 Å².